The highest BCUT2D eigenvalue weighted by Gasteiger charge is 2.24. The number of aromatic nitrogens is 2. The smallest absolute Gasteiger partial charge is 0.255 e. The minimum Gasteiger partial charge on any atom is -0.496 e. The molecule has 174 valence electrons. The summed E-state index contributed by atoms with van der Waals surface area (Å²) in [7, 11) is 1.56. The minimum atomic E-state index is -0.230. The predicted octanol–water partition coefficient (Wildman–Crippen LogP) is 5.12. The standard InChI is InChI=1S/C28H29N3O3/c1-34-27-8-3-2-7-23(27)28(33)30-16-19-9-11-20(12-10-19)25-18-31(21-5-4-6-22(32)15-21)26-13-14-29-17-24(25)26/h2-3,7-14,17-18,21-22,32H,4-6,15-16H2,1H3,(H,30,33). The van der Waals surface area contributed by atoms with Crippen LogP contribution in [0.2, 0.25) is 0 Å². The van der Waals surface area contributed by atoms with Gasteiger partial charge in [-0.05, 0) is 55.0 Å². The Kier molecular flexibility index (Phi) is 6.32. The highest BCUT2D eigenvalue weighted by atomic mass is 16.5. The van der Waals surface area contributed by atoms with Crippen LogP contribution in [0.1, 0.15) is 47.6 Å². The number of para-hydroxylation sites is 1. The monoisotopic (exact) mass is 455 g/mol. The second kappa shape index (κ2) is 9.69. The molecule has 1 saturated carbocycles. The Morgan fingerprint density at radius 1 is 1.15 bits per heavy atom. The lowest BCUT2D eigenvalue weighted by atomic mass is 9.93. The van der Waals surface area contributed by atoms with Gasteiger partial charge in [0.1, 0.15) is 5.75 Å². The number of hydrogen-bond acceptors (Lipinski definition) is 4. The Hall–Kier alpha value is -3.64. The van der Waals surface area contributed by atoms with Crippen LogP contribution >= 0.6 is 0 Å². The SMILES string of the molecule is COc1ccccc1C(=O)NCc1ccc(-c2cn(C3CCCC(O)C3)c3ccncc23)cc1. The molecule has 0 aliphatic heterocycles. The van der Waals surface area contributed by atoms with Gasteiger partial charge >= 0.3 is 0 Å². The molecule has 6 heteroatoms. The summed E-state index contributed by atoms with van der Waals surface area (Å²) in [6.45, 7) is 0.431. The number of fused-ring (bicyclic) bond motifs is 1. The van der Waals surface area contributed by atoms with Crippen molar-refractivity contribution in [3.8, 4) is 16.9 Å². The second-order valence-corrected chi connectivity index (χ2v) is 8.90. The average molecular weight is 456 g/mol. The number of aliphatic hydroxyl groups is 1. The third kappa shape index (κ3) is 4.41. The molecular weight excluding hydrogens is 426 g/mol. The first-order valence-corrected chi connectivity index (χ1v) is 11.8. The first-order chi connectivity index (χ1) is 16.6. The van der Waals surface area contributed by atoms with Gasteiger partial charge in [0.05, 0.1) is 24.3 Å². The number of aliphatic hydroxyl groups excluding tert-OH is 1. The number of hydrogen-bond donors (Lipinski definition) is 2. The fourth-order valence-electron chi connectivity index (χ4n) is 4.93. The number of ether oxygens (including phenoxy) is 1. The van der Waals surface area contributed by atoms with Crippen molar-refractivity contribution in [2.75, 3.05) is 7.11 Å². The van der Waals surface area contributed by atoms with Gasteiger partial charge in [-0.2, -0.15) is 0 Å². The Morgan fingerprint density at radius 2 is 1.97 bits per heavy atom. The van der Waals surface area contributed by atoms with E-state index in [2.05, 4.69) is 39.3 Å². The van der Waals surface area contributed by atoms with E-state index in [4.69, 9.17) is 4.74 Å². The molecule has 0 bridgehead atoms. The summed E-state index contributed by atoms with van der Waals surface area (Å²) in [5.41, 5.74) is 4.93. The van der Waals surface area contributed by atoms with E-state index in [9.17, 15) is 9.90 Å². The predicted molar refractivity (Wildman–Crippen MR) is 133 cm³/mol. The van der Waals surface area contributed by atoms with Crippen LogP contribution in [0, 0.1) is 0 Å². The molecule has 1 aliphatic carbocycles. The van der Waals surface area contributed by atoms with Crippen LogP contribution in [0.3, 0.4) is 0 Å². The summed E-state index contributed by atoms with van der Waals surface area (Å²) in [4.78, 5) is 17.0. The molecule has 2 atom stereocenters. The lowest BCUT2D eigenvalue weighted by molar-refractivity contribution is 0.0947. The van der Waals surface area contributed by atoms with Gasteiger partial charge in [0, 0.05) is 42.1 Å². The van der Waals surface area contributed by atoms with Crippen LogP contribution in [0.15, 0.2) is 73.2 Å². The van der Waals surface area contributed by atoms with Crippen LogP contribution < -0.4 is 10.1 Å². The van der Waals surface area contributed by atoms with Crippen molar-refractivity contribution in [2.24, 2.45) is 0 Å². The summed E-state index contributed by atoms with van der Waals surface area (Å²) in [6, 6.07) is 17.8. The third-order valence-electron chi connectivity index (χ3n) is 6.72. The van der Waals surface area contributed by atoms with Crippen molar-refractivity contribution in [2.45, 2.75) is 44.4 Å². The molecule has 1 aliphatic rings. The third-order valence-corrected chi connectivity index (χ3v) is 6.72. The lowest BCUT2D eigenvalue weighted by Gasteiger charge is -2.27. The molecule has 0 spiro atoms. The molecule has 2 heterocycles. The van der Waals surface area contributed by atoms with Crippen LogP contribution in [0.5, 0.6) is 5.75 Å². The van der Waals surface area contributed by atoms with E-state index in [1.54, 1.807) is 19.2 Å². The van der Waals surface area contributed by atoms with Gasteiger partial charge < -0.3 is 19.7 Å². The molecule has 1 fully saturated rings. The zero-order chi connectivity index (χ0) is 23.5. The normalized spacial score (nSPS) is 18.1. The summed E-state index contributed by atoms with van der Waals surface area (Å²) < 4.78 is 7.60. The van der Waals surface area contributed by atoms with Gasteiger partial charge in [0.25, 0.3) is 5.91 Å². The van der Waals surface area contributed by atoms with Crippen molar-refractivity contribution in [1.82, 2.24) is 14.9 Å². The minimum absolute atomic E-state index is 0.162. The van der Waals surface area contributed by atoms with Crippen LogP contribution in [0.25, 0.3) is 22.0 Å². The van der Waals surface area contributed by atoms with Crippen molar-refractivity contribution in [3.05, 3.63) is 84.3 Å². The average Bonchev–Trinajstić information content (AvgIpc) is 3.27. The first kappa shape index (κ1) is 22.2. The summed E-state index contributed by atoms with van der Waals surface area (Å²) in [5, 5.41) is 14.3. The van der Waals surface area contributed by atoms with Gasteiger partial charge in [-0.3, -0.25) is 9.78 Å². The van der Waals surface area contributed by atoms with Crippen LogP contribution in [0.4, 0.5) is 0 Å². The fourth-order valence-corrected chi connectivity index (χ4v) is 4.93. The maximum atomic E-state index is 12.6. The van der Waals surface area contributed by atoms with Gasteiger partial charge in [0.15, 0.2) is 0 Å². The molecule has 0 radical (unpaired) electrons. The van der Waals surface area contributed by atoms with Gasteiger partial charge in [-0.1, -0.05) is 36.4 Å². The zero-order valence-corrected chi connectivity index (χ0v) is 19.3. The number of carbonyl (C=O) groups excluding carboxylic acids is 1. The molecule has 4 aromatic rings. The number of amides is 1. The molecule has 0 saturated heterocycles. The lowest BCUT2D eigenvalue weighted by Crippen LogP contribution is -2.23. The Balaban J connectivity index is 1.35. The Labute approximate surface area is 199 Å². The summed E-state index contributed by atoms with van der Waals surface area (Å²) in [6.07, 6.45) is 9.52. The van der Waals surface area contributed by atoms with Crippen molar-refractivity contribution in [3.63, 3.8) is 0 Å². The molecule has 1 amide bonds. The maximum Gasteiger partial charge on any atom is 0.255 e. The van der Waals surface area contributed by atoms with E-state index in [1.165, 1.54) is 0 Å². The van der Waals surface area contributed by atoms with Crippen molar-refractivity contribution < 1.29 is 14.6 Å². The van der Waals surface area contributed by atoms with Gasteiger partial charge in [-0.15, -0.1) is 0 Å². The number of methoxy groups -OCH3 is 1. The number of carbonyl (C=O) groups is 1. The fraction of sp³-hybridized carbons (Fsp3) is 0.286. The van der Waals surface area contributed by atoms with E-state index in [0.29, 0.717) is 23.9 Å². The van der Waals surface area contributed by atoms with E-state index >= 15 is 0 Å². The quantitative estimate of drug-likeness (QED) is 0.423. The number of nitrogens with one attached hydrogen (secondary N) is 1. The number of nitrogens with zero attached hydrogens (tertiary/aromatic N) is 2. The highest BCUT2D eigenvalue weighted by molar-refractivity contribution is 5.97. The molecule has 6 nitrogen and oxygen atoms in total. The number of pyridine rings is 1. The topological polar surface area (TPSA) is 76.4 Å². The van der Waals surface area contributed by atoms with E-state index in [1.807, 2.05) is 36.7 Å². The Morgan fingerprint density at radius 3 is 2.76 bits per heavy atom. The molecular formula is C28H29N3O3. The molecule has 5 rings (SSSR count). The Bertz CT molecular complexity index is 1300. The summed E-state index contributed by atoms with van der Waals surface area (Å²) >= 11 is 0. The molecule has 34 heavy (non-hydrogen) atoms. The highest BCUT2D eigenvalue weighted by Crippen LogP contribution is 2.37. The molecule has 2 unspecified atom stereocenters. The second-order valence-electron chi connectivity index (χ2n) is 8.90. The van der Waals surface area contributed by atoms with Crippen molar-refractivity contribution >= 4 is 16.8 Å². The van der Waals surface area contributed by atoms with E-state index in [0.717, 1.165) is 53.3 Å². The van der Waals surface area contributed by atoms with Gasteiger partial charge in [0.2, 0.25) is 0 Å². The first-order valence-electron chi connectivity index (χ1n) is 11.8. The molecule has 2 aromatic carbocycles. The summed E-state index contributed by atoms with van der Waals surface area (Å²) in [5.74, 6) is 0.399. The van der Waals surface area contributed by atoms with Crippen LogP contribution in [-0.2, 0) is 6.54 Å². The largest absolute Gasteiger partial charge is 0.496 e. The van der Waals surface area contributed by atoms with E-state index in [-0.39, 0.29) is 12.0 Å². The van der Waals surface area contributed by atoms with E-state index < -0.39 is 0 Å². The molecule has 2 N–H and O–H groups in total. The number of benzene rings is 2. The number of rotatable bonds is 6. The van der Waals surface area contributed by atoms with Gasteiger partial charge in [-0.25, -0.2) is 0 Å². The molecule has 2 aromatic heterocycles. The van der Waals surface area contributed by atoms with Crippen molar-refractivity contribution in [1.29, 1.82) is 0 Å². The zero-order valence-electron chi connectivity index (χ0n) is 19.3. The van der Waals surface area contributed by atoms with Crippen LogP contribution in [-0.4, -0.2) is 33.8 Å². The maximum absolute atomic E-state index is 12.6.